The van der Waals surface area contributed by atoms with E-state index in [4.69, 9.17) is 21.1 Å². The van der Waals surface area contributed by atoms with Gasteiger partial charge in [-0.25, -0.2) is 4.68 Å². The molecule has 144 valence electrons. The molecule has 0 atom stereocenters. The van der Waals surface area contributed by atoms with Crippen molar-refractivity contribution in [2.24, 2.45) is 0 Å². The van der Waals surface area contributed by atoms with Gasteiger partial charge in [0.1, 0.15) is 0 Å². The second kappa shape index (κ2) is 7.20. The van der Waals surface area contributed by atoms with E-state index < -0.39 is 0 Å². The molecule has 0 unspecified atom stereocenters. The molecule has 0 spiro atoms. The predicted molar refractivity (Wildman–Crippen MR) is 106 cm³/mol. The van der Waals surface area contributed by atoms with Crippen molar-refractivity contribution < 1.29 is 14.3 Å². The quantitative estimate of drug-likeness (QED) is 0.663. The number of carbonyl (C=O) groups excluding carboxylic acids is 1. The predicted octanol–water partition coefficient (Wildman–Crippen LogP) is 4.14. The average Bonchev–Trinajstić information content (AvgIpc) is 3.28. The van der Waals surface area contributed by atoms with E-state index >= 15 is 0 Å². The molecule has 0 saturated heterocycles. The fraction of sp³-hybridized carbons (Fsp3) is 0.238. The average molecular weight is 398 g/mol. The van der Waals surface area contributed by atoms with Crippen LogP contribution >= 0.6 is 11.6 Å². The molecule has 0 radical (unpaired) electrons. The summed E-state index contributed by atoms with van der Waals surface area (Å²) in [4.78, 5) is 14.6. The molecule has 1 aliphatic rings. The molecule has 6 nitrogen and oxygen atoms in total. The Morgan fingerprint density at radius 1 is 1.21 bits per heavy atom. The monoisotopic (exact) mass is 397 g/mol. The van der Waals surface area contributed by atoms with Crippen LogP contribution in [0, 0.1) is 13.8 Å². The molecule has 0 aliphatic carbocycles. The number of para-hydroxylation sites is 1. The first kappa shape index (κ1) is 18.4. The number of amides is 1. The number of halogens is 1. The summed E-state index contributed by atoms with van der Waals surface area (Å²) in [7, 11) is 1.76. The first-order valence-corrected chi connectivity index (χ1v) is 9.28. The van der Waals surface area contributed by atoms with Crippen LogP contribution < -0.4 is 9.47 Å². The van der Waals surface area contributed by atoms with Crippen molar-refractivity contribution in [2.75, 3.05) is 13.8 Å². The topological polar surface area (TPSA) is 56.6 Å². The van der Waals surface area contributed by atoms with Crippen molar-refractivity contribution >= 4 is 17.5 Å². The van der Waals surface area contributed by atoms with Crippen LogP contribution in [-0.4, -0.2) is 34.4 Å². The number of rotatable bonds is 4. The zero-order valence-electron chi connectivity index (χ0n) is 15.9. The molecule has 3 aromatic rings. The third-order valence-electron chi connectivity index (χ3n) is 4.86. The Morgan fingerprint density at radius 2 is 1.96 bits per heavy atom. The first-order chi connectivity index (χ1) is 13.5. The lowest BCUT2D eigenvalue weighted by Crippen LogP contribution is -2.26. The van der Waals surface area contributed by atoms with E-state index in [1.54, 1.807) is 24.1 Å². The molecule has 1 amide bonds. The summed E-state index contributed by atoms with van der Waals surface area (Å²) in [5.74, 6) is 0.830. The van der Waals surface area contributed by atoms with Crippen molar-refractivity contribution in [1.82, 2.24) is 14.7 Å². The standard InChI is InChI=1S/C21H20ClN3O3/c1-13-17(14(2)25(23-13)16-7-5-4-6-8-16)11-24(3)21(26)15-9-18(22)20-19(10-15)27-12-28-20/h4-10H,11-12H2,1-3H3. The van der Waals surface area contributed by atoms with Crippen LogP contribution in [0.15, 0.2) is 42.5 Å². The zero-order chi connectivity index (χ0) is 19.8. The van der Waals surface area contributed by atoms with Gasteiger partial charge in [-0.2, -0.15) is 5.10 Å². The van der Waals surface area contributed by atoms with Crippen LogP contribution in [0.25, 0.3) is 5.69 Å². The van der Waals surface area contributed by atoms with Crippen molar-refractivity contribution in [3.8, 4) is 17.2 Å². The molecule has 1 aliphatic heterocycles. The van der Waals surface area contributed by atoms with E-state index in [1.807, 2.05) is 48.9 Å². The van der Waals surface area contributed by atoms with Gasteiger partial charge in [-0.1, -0.05) is 29.8 Å². The number of aromatic nitrogens is 2. The highest BCUT2D eigenvalue weighted by atomic mass is 35.5. The van der Waals surface area contributed by atoms with E-state index in [2.05, 4.69) is 5.10 Å². The number of ether oxygens (including phenoxy) is 2. The maximum absolute atomic E-state index is 12.9. The molecule has 0 saturated carbocycles. The maximum Gasteiger partial charge on any atom is 0.254 e. The second-order valence-corrected chi connectivity index (χ2v) is 7.16. The van der Waals surface area contributed by atoms with E-state index in [-0.39, 0.29) is 12.7 Å². The summed E-state index contributed by atoms with van der Waals surface area (Å²) in [6, 6.07) is 13.2. The molecule has 2 heterocycles. The van der Waals surface area contributed by atoms with E-state index in [1.165, 1.54) is 0 Å². The van der Waals surface area contributed by atoms with Crippen LogP contribution in [0.5, 0.6) is 11.5 Å². The van der Waals surface area contributed by atoms with Crippen LogP contribution in [-0.2, 0) is 6.54 Å². The molecule has 0 N–H and O–H groups in total. The number of aryl methyl sites for hydroxylation is 1. The smallest absolute Gasteiger partial charge is 0.254 e. The Kier molecular flexibility index (Phi) is 4.73. The highest BCUT2D eigenvalue weighted by Crippen LogP contribution is 2.40. The normalized spacial score (nSPS) is 12.3. The Bertz CT molecular complexity index is 1050. The van der Waals surface area contributed by atoms with Gasteiger partial charge in [0.25, 0.3) is 5.91 Å². The zero-order valence-corrected chi connectivity index (χ0v) is 16.7. The van der Waals surface area contributed by atoms with Gasteiger partial charge in [0, 0.05) is 30.4 Å². The minimum absolute atomic E-state index is 0.111. The highest BCUT2D eigenvalue weighted by molar-refractivity contribution is 6.32. The van der Waals surface area contributed by atoms with Crippen LogP contribution in [0.1, 0.15) is 27.3 Å². The summed E-state index contributed by atoms with van der Waals surface area (Å²) in [6.45, 7) is 4.52. The van der Waals surface area contributed by atoms with Crippen LogP contribution in [0.3, 0.4) is 0 Å². The Hall–Kier alpha value is -2.99. The van der Waals surface area contributed by atoms with Gasteiger partial charge in [0.15, 0.2) is 11.5 Å². The van der Waals surface area contributed by atoms with Crippen molar-refractivity contribution in [2.45, 2.75) is 20.4 Å². The molecule has 0 bridgehead atoms. The Labute approximate surface area is 168 Å². The lowest BCUT2D eigenvalue weighted by molar-refractivity contribution is 0.0784. The van der Waals surface area contributed by atoms with Crippen molar-refractivity contribution in [3.63, 3.8) is 0 Å². The van der Waals surface area contributed by atoms with Gasteiger partial charge in [0.2, 0.25) is 6.79 Å². The summed E-state index contributed by atoms with van der Waals surface area (Å²) in [5.41, 5.74) is 4.37. The number of hydrogen-bond acceptors (Lipinski definition) is 4. The van der Waals surface area contributed by atoms with E-state index in [0.717, 1.165) is 22.6 Å². The molecule has 4 rings (SSSR count). The molecule has 28 heavy (non-hydrogen) atoms. The number of fused-ring (bicyclic) bond motifs is 1. The fourth-order valence-corrected chi connectivity index (χ4v) is 3.61. The minimum Gasteiger partial charge on any atom is -0.454 e. The molecule has 7 heteroatoms. The summed E-state index contributed by atoms with van der Waals surface area (Å²) in [5, 5.41) is 5.02. The summed E-state index contributed by atoms with van der Waals surface area (Å²) < 4.78 is 12.6. The van der Waals surface area contributed by atoms with Crippen LogP contribution in [0.4, 0.5) is 0 Å². The third-order valence-corrected chi connectivity index (χ3v) is 5.14. The lowest BCUT2D eigenvalue weighted by Gasteiger charge is -2.18. The van der Waals surface area contributed by atoms with Gasteiger partial charge in [-0.3, -0.25) is 4.79 Å². The molecular formula is C21H20ClN3O3. The van der Waals surface area contributed by atoms with Gasteiger partial charge >= 0.3 is 0 Å². The number of benzene rings is 2. The Balaban J connectivity index is 1.59. The van der Waals surface area contributed by atoms with Crippen molar-refractivity contribution in [3.05, 3.63) is 70.0 Å². The SMILES string of the molecule is Cc1nn(-c2ccccc2)c(C)c1CN(C)C(=O)c1cc(Cl)c2c(c1)OCO2. The minimum atomic E-state index is -0.147. The largest absolute Gasteiger partial charge is 0.454 e. The van der Waals surface area contributed by atoms with E-state index in [0.29, 0.717) is 28.6 Å². The van der Waals surface area contributed by atoms with Crippen molar-refractivity contribution in [1.29, 1.82) is 0 Å². The third kappa shape index (κ3) is 3.20. The molecule has 0 fully saturated rings. The fourth-order valence-electron chi connectivity index (χ4n) is 3.34. The lowest BCUT2D eigenvalue weighted by atomic mass is 10.1. The Morgan fingerprint density at radius 3 is 2.71 bits per heavy atom. The number of hydrogen-bond donors (Lipinski definition) is 0. The number of nitrogens with zero attached hydrogens (tertiary/aromatic N) is 3. The van der Waals surface area contributed by atoms with E-state index in [9.17, 15) is 4.79 Å². The van der Waals surface area contributed by atoms with Crippen LogP contribution in [0.2, 0.25) is 5.02 Å². The molecule has 2 aromatic carbocycles. The molecular weight excluding hydrogens is 378 g/mol. The van der Waals surface area contributed by atoms with Gasteiger partial charge < -0.3 is 14.4 Å². The summed E-state index contributed by atoms with van der Waals surface area (Å²) >= 11 is 6.22. The maximum atomic E-state index is 12.9. The highest BCUT2D eigenvalue weighted by Gasteiger charge is 2.23. The number of carbonyl (C=O) groups is 1. The van der Waals surface area contributed by atoms with Gasteiger partial charge in [0.05, 0.1) is 16.4 Å². The summed E-state index contributed by atoms with van der Waals surface area (Å²) in [6.07, 6.45) is 0. The van der Waals surface area contributed by atoms with Gasteiger partial charge in [-0.15, -0.1) is 0 Å². The molecule has 1 aromatic heterocycles. The van der Waals surface area contributed by atoms with Gasteiger partial charge in [-0.05, 0) is 38.1 Å². The first-order valence-electron chi connectivity index (χ1n) is 8.91. The second-order valence-electron chi connectivity index (χ2n) is 6.75.